The summed E-state index contributed by atoms with van der Waals surface area (Å²) in [6.45, 7) is 9.47. The molecule has 3 atom stereocenters. The van der Waals surface area contributed by atoms with E-state index in [0.29, 0.717) is 23.6 Å². The molecule has 3 rings (SSSR count). The van der Waals surface area contributed by atoms with Gasteiger partial charge in [-0.25, -0.2) is 0 Å². The Kier molecular flexibility index (Phi) is 10.6. The summed E-state index contributed by atoms with van der Waals surface area (Å²) in [5.41, 5.74) is 6.79. The molecule has 0 bridgehead atoms. The van der Waals surface area contributed by atoms with Crippen LogP contribution in [-0.4, -0.2) is 60.7 Å². The highest BCUT2D eigenvalue weighted by Crippen LogP contribution is 2.51. The van der Waals surface area contributed by atoms with E-state index in [1.165, 1.54) is 13.1 Å². The minimum absolute atomic E-state index is 0.0479. The van der Waals surface area contributed by atoms with E-state index in [-0.39, 0.29) is 52.3 Å². The Hall–Kier alpha value is -2.94. The van der Waals surface area contributed by atoms with Crippen molar-refractivity contribution in [3.8, 4) is 0 Å². The number of likely N-dealkylation sites (N-methyl/N-ethyl adjacent to an activating group) is 1. The van der Waals surface area contributed by atoms with Crippen LogP contribution >= 0.6 is 19.0 Å². The summed E-state index contributed by atoms with van der Waals surface area (Å²) < 4.78 is 20.1. The molecule has 0 aliphatic carbocycles. The average Bonchev–Trinajstić information content (AvgIpc) is 2.90. The van der Waals surface area contributed by atoms with Crippen molar-refractivity contribution in [1.29, 1.82) is 0 Å². The highest BCUT2D eigenvalue weighted by molar-refractivity contribution is 7.59. The predicted octanol–water partition coefficient (Wildman–Crippen LogP) is 4.88. The van der Waals surface area contributed by atoms with E-state index < -0.39 is 43.3 Å². The number of rotatable bonds is 13. The van der Waals surface area contributed by atoms with Gasteiger partial charge < -0.3 is 20.9 Å². The zero-order chi connectivity index (χ0) is 30.6. The van der Waals surface area contributed by atoms with Gasteiger partial charge in [-0.05, 0) is 43.7 Å². The molecular formula is C29H40ClN4O6P. The second-order valence-corrected chi connectivity index (χ2v) is 14.2. The molecule has 0 saturated heterocycles. The Morgan fingerprint density at radius 2 is 1.68 bits per heavy atom. The standard InChI is InChI=1S/C29H40ClN4O6P/c1-7-40-41(39,14-18(11-16(2)3)26(35)33-23(12-17(4)5)27(36)32-6)15-34-28(37)20-10-8-9-19-24(20)21(29(34)38)13-22(30)25(19)31/h8-10,13,16-18,23H,7,11-12,14-15,31H2,1-6H3,(H,32,36)(H,33,35)/t18?,23-,41?/m0/s1. The molecule has 1 heterocycles. The quantitative estimate of drug-likeness (QED) is 0.167. The number of nitrogen functional groups attached to an aromatic ring is 1. The topological polar surface area (TPSA) is 148 Å². The van der Waals surface area contributed by atoms with Crippen molar-refractivity contribution in [1.82, 2.24) is 15.5 Å². The Balaban J connectivity index is 1.95. The zero-order valence-corrected chi connectivity index (χ0v) is 26.1. The summed E-state index contributed by atoms with van der Waals surface area (Å²) >= 11 is 6.30. The molecule has 0 fully saturated rings. The van der Waals surface area contributed by atoms with Crippen molar-refractivity contribution in [2.45, 2.75) is 53.5 Å². The van der Waals surface area contributed by atoms with Gasteiger partial charge in [0.15, 0.2) is 0 Å². The third-order valence-corrected chi connectivity index (χ3v) is 9.79. The molecule has 10 nitrogen and oxygen atoms in total. The van der Waals surface area contributed by atoms with Crippen molar-refractivity contribution >= 4 is 59.1 Å². The van der Waals surface area contributed by atoms with Crippen LogP contribution in [0.3, 0.4) is 0 Å². The van der Waals surface area contributed by atoms with Crippen molar-refractivity contribution in [2.75, 3.05) is 31.8 Å². The van der Waals surface area contributed by atoms with Gasteiger partial charge in [0.2, 0.25) is 19.2 Å². The van der Waals surface area contributed by atoms with Crippen molar-refractivity contribution in [3.05, 3.63) is 40.4 Å². The molecule has 4 N–H and O–H groups in total. The Labute approximate surface area is 246 Å². The molecule has 1 aliphatic heterocycles. The zero-order valence-electron chi connectivity index (χ0n) is 24.5. The molecule has 224 valence electrons. The lowest BCUT2D eigenvalue weighted by atomic mass is 9.93. The third-order valence-electron chi connectivity index (χ3n) is 7.04. The number of amides is 4. The molecule has 2 aromatic carbocycles. The monoisotopic (exact) mass is 606 g/mol. The molecule has 0 spiro atoms. The Morgan fingerprint density at radius 1 is 1.05 bits per heavy atom. The van der Waals surface area contributed by atoms with E-state index >= 15 is 0 Å². The number of nitrogens with two attached hydrogens (primary N) is 1. The number of benzene rings is 2. The van der Waals surface area contributed by atoms with Crippen LogP contribution in [-0.2, 0) is 18.7 Å². The van der Waals surface area contributed by atoms with Crippen LogP contribution in [0, 0.1) is 17.8 Å². The maximum atomic E-state index is 14.3. The number of carbonyl (C=O) groups excluding carboxylic acids is 4. The second-order valence-electron chi connectivity index (χ2n) is 11.3. The van der Waals surface area contributed by atoms with Crippen LogP contribution in [0.2, 0.25) is 5.02 Å². The van der Waals surface area contributed by atoms with Gasteiger partial charge in [0.25, 0.3) is 11.8 Å². The third kappa shape index (κ3) is 7.29. The summed E-state index contributed by atoms with van der Waals surface area (Å²) in [6, 6.07) is 5.57. The van der Waals surface area contributed by atoms with E-state index in [1.54, 1.807) is 25.1 Å². The number of nitrogens with zero attached hydrogens (tertiary/aromatic N) is 1. The largest absolute Gasteiger partial charge is 0.397 e. The first-order chi connectivity index (χ1) is 19.2. The van der Waals surface area contributed by atoms with E-state index in [0.717, 1.165) is 4.90 Å². The van der Waals surface area contributed by atoms with Gasteiger partial charge in [-0.3, -0.25) is 28.6 Å². The summed E-state index contributed by atoms with van der Waals surface area (Å²) in [6.07, 6.45) is 0.0778. The minimum Gasteiger partial charge on any atom is -0.397 e. The van der Waals surface area contributed by atoms with E-state index in [4.69, 9.17) is 21.9 Å². The summed E-state index contributed by atoms with van der Waals surface area (Å²) in [4.78, 5) is 54.1. The van der Waals surface area contributed by atoms with Crippen LogP contribution in [0.15, 0.2) is 24.3 Å². The molecule has 1 aliphatic rings. The molecule has 0 saturated carbocycles. The molecule has 4 amide bonds. The highest BCUT2D eigenvalue weighted by Gasteiger charge is 2.41. The Bertz CT molecular complexity index is 1400. The lowest BCUT2D eigenvalue weighted by molar-refractivity contribution is -0.131. The second kappa shape index (κ2) is 13.4. The number of carbonyl (C=O) groups is 4. The van der Waals surface area contributed by atoms with Gasteiger partial charge in [0.1, 0.15) is 12.3 Å². The fourth-order valence-corrected chi connectivity index (χ4v) is 7.93. The average molecular weight is 607 g/mol. The normalized spacial score (nSPS) is 16.2. The van der Waals surface area contributed by atoms with Gasteiger partial charge in [0, 0.05) is 35.5 Å². The predicted molar refractivity (Wildman–Crippen MR) is 161 cm³/mol. The molecule has 12 heteroatoms. The SMILES string of the molecule is CCOP(=O)(CC(CC(C)C)C(=O)N[C@@H](CC(C)C)C(=O)NC)CN1C(=O)c2cccc3c(N)c(Cl)cc(c23)C1=O. The minimum atomic E-state index is -3.77. The molecule has 41 heavy (non-hydrogen) atoms. The maximum absolute atomic E-state index is 14.3. The van der Waals surface area contributed by atoms with E-state index in [9.17, 15) is 23.7 Å². The number of imide groups is 1. The van der Waals surface area contributed by atoms with Crippen LogP contribution in [0.5, 0.6) is 0 Å². The fraction of sp³-hybridized carbons (Fsp3) is 0.517. The summed E-state index contributed by atoms with van der Waals surface area (Å²) in [5.74, 6) is -2.63. The number of hydrogen-bond donors (Lipinski definition) is 3. The lowest BCUT2D eigenvalue weighted by Gasteiger charge is -2.32. The van der Waals surface area contributed by atoms with Gasteiger partial charge in [-0.15, -0.1) is 0 Å². The summed E-state index contributed by atoms with van der Waals surface area (Å²) in [7, 11) is -2.27. The molecule has 2 aromatic rings. The maximum Gasteiger partial charge on any atom is 0.261 e. The van der Waals surface area contributed by atoms with Gasteiger partial charge >= 0.3 is 0 Å². The number of hydrogen-bond acceptors (Lipinski definition) is 7. The molecule has 0 aromatic heterocycles. The highest BCUT2D eigenvalue weighted by atomic mass is 35.5. The smallest absolute Gasteiger partial charge is 0.261 e. The first kappa shape index (κ1) is 32.6. The molecule has 0 radical (unpaired) electrons. The number of anilines is 1. The van der Waals surface area contributed by atoms with Crippen molar-refractivity contribution < 1.29 is 28.3 Å². The van der Waals surface area contributed by atoms with Gasteiger partial charge in [0.05, 0.1) is 22.9 Å². The van der Waals surface area contributed by atoms with Crippen LogP contribution in [0.1, 0.15) is 68.2 Å². The van der Waals surface area contributed by atoms with Crippen LogP contribution in [0.4, 0.5) is 5.69 Å². The van der Waals surface area contributed by atoms with Crippen LogP contribution < -0.4 is 16.4 Å². The van der Waals surface area contributed by atoms with Gasteiger partial charge in [-0.2, -0.15) is 0 Å². The number of halogens is 1. The first-order valence-corrected chi connectivity index (χ1v) is 16.2. The van der Waals surface area contributed by atoms with Crippen molar-refractivity contribution in [3.63, 3.8) is 0 Å². The van der Waals surface area contributed by atoms with Crippen LogP contribution in [0.25, 0.3) is 10.8 Å². The van der Waals surface area contributed by atoms with E-state index in [2.05, 4.69) is 10.6 Å². The van der Waals surface area contributed by atoms with Crippen molar-refractivity contribution in [2.24, 2.45) is 17.8 Å². The van der Waals surface area contributed by atoms with E-state index in [1.807, 2.05) is 27.7 Å². The Morgan fingerprint density at radius 3 is 2.27 bits per heavy atom. The summed E-state index contributed by atoms with van der Waals surface area (Å²) in [5, 5.41) is 6.46. The first-order valence-electron chi connectivity index (χ1n) is 13.8. The lowest BCUT2D eigenvalue weighted by Crippen LogP contribution is -2.49. The van der Waals surface area contributed by atoms with Gasteiger partial charge in [-0.1, -0.05) is 51.4 Å². The number of nitrogens with one attached hydrogen (secondary N) is 2. The molecular weight excluding hydrogens is 567 g/mol. The molecule has 2 unspecified atom stereocenters. The fourth-order valence-electron chi connectivity index (χ4n) is 5.27.